The second kappa shape index (κ2) is 5.30. The molecule has 1 atom stereocenters. The van der Waals surface area contributed by atoms with Crippen LogP contribution in [0.4, 0.5) is 0 Å². The molecule has 0 bridgehead atoms. The average Bonchev–Trinajstić information content (AvgIpc) is 2.51. The Labute approximate surface area is 134 Å². The highest BCUT2D eigenvalue weighted by molar-refractivity contribution is 14.1. The molecule has 1 aromatic rings. The molecule has 1 aliphatic heterocycles. The zero-order valence-electron chi connectivity index (χ0n) is 12.7. The topological polar surface area (TPSA) is 29.5 Å². The second-order valence-corrected chi connectivity index (χ2v) is 7.88. The maximum absolute atomic E-state index is 12.3. The number of likely N-dealkylation sites (N-methyl/N-ethyl adjacent to an activating group) is 1. The van der Waals surface area contributed by atoms with Crippen molar-refractivity contribution >= 4 is 28.6 Å². The zero-order valence-corrected chi connectivity index (χ0v) is 14.9. The van der Waals surface area contributed by atoms with E-state index in [2.05, 4.69) is 62.2 Å². The minimum atomic E-state index is -0.231. The number of carbonyl (C=O) groups is 1. The summed E-state index contributed by atoms with van der Waals surface area (Å²) in [6, 6.07) is 7.49. The quantitative estimate of drug-likeness (QED) is 0.573. The normalized spacial score (nSPS) is 24.6. The third kappa shape index (κ3) is 2.86. The van der Waals surface area contributed by atoms with E-state index in [1.165, 1.54) is 0 Å². The molecular weight excluding hydrogens is 365 g/mol. The van der Waals surface area contributed by atoms with Crippen LogP contribution in [0.1, 0.15) is 44.5 Å². The minimum absolute atomic E-state index is 0.0422. The number of ether oxygens (including phenoxy) is 1. The Hall–Kier alpha value is -0.620. The van der Waals surface area contributed by atoms with Crippen LogP contribution in [-0.2, 0) is 4.74 Å². The van der Waals surface area contributed by atoms with Gasteiger partial charge in [-0.2, -0.15) is 0 Å². The molecule has 0 amide bonds. The first-order valence-corrected chi connectivity index (χ1v) is 7.93. The Kier molecular flexibility index (Phi) is 4.17. The van der Waals surface area contributed by atoms with E-state index in [0.717, 1.165) is 9.99 Å². The number of hydrogen-bond acceptors (Lipinski definition) is 3. The van der Waals surface area contributed by atoms with E-state index in [1.807, 2.05) is 24.3 Å². The molecule has 1 heterocycles. The fourth-order valence-electron chi connectivity index (χ4n) is 2.81. The second-order valence-electron chi connectivity index (χ2n) is 6.63. The Morgan fingerprint density at radius 2 is 1.80 bits per heavy atom. The number of hydrogen-bond donors (Lipinski definition) is 0. The third-order valence-electron chi connectivity index (χ3n) is 4.57. The minimum Gasteiger partial charge on any atom is -0.457 e. The van der Waals surface area contributed by atoms with Gasteiger partial charge in [0, 0.05) is 15.5 Å². The third-order valence-corrected chi connectivity index (χ3v) is 5.29. The van der Waals surface area contributed by atoms with Crippen LogP contribution in [0.3, 0.4) is 0 Å². The van der Waals surface area contributed by atoms with Crippen LogP contribution in [0.2, 0.25) is 0 Å². The molecule has 0 saturated carbocycles. The lowest BCUT2D eigenvalue weighted by atomic mass is 9.97. The Morgan fingerprint density at radius 1 is 1.25 bits per heavy atom. The molecule has 0 radical (unpaired) electrons. The SMILES string of the molecule is CN1C(C)(C)CC(OC(=O)c2ccc(I)cc2)C1(C)C. The largest absolute Gasteiger partial charge is 0.457 e. The van der Waals surface area contributed by atoms with E-state index in [0.29, 0.717) is 5.56 Å². The van der Waals surface area contributed by atoms with E-state index in [9.17, 15) is 4.79 Å². The predicted molar refractivity (Wildman–Crippen MR) is 88.9 cm³/mol. The molecule has 1 unspecified atom stereocenters. The molecule has 20 heavy (non-hydrogen) atoms. The van der Waals surface area contributed by atoms with Gasteiger partial charge in [-0.25, -0.2) is 4.79 Å². The summed E-state index contributed by atoms with van der Waals surface area (Å²) in [5.41, 5.74) is 0.511. The molecule has 0 spiro atoms. The molecule has 110 valence electrons. The summed E-state index contributed by atoms with van der Waals surface area (Å²) < 4.78 is 6.89. The van der Waals surface area contributed by atoms with Crippen LogP contribution in [0.15, 0.2) is 24.3 Å². The van der Waals surface area contributed by atoms with Gasteiger partial charge in [0.1, 0.15) is 6.10 Å². The number of nitrogens with zero attached hydrogens (tertiary/aromatic N) is 1. The van der Waals surface area contributed by atoms with Gasteiger partial charge >= 0.3 is 5.97 Å². The van der Waals surface area contributed by atoms with Gasteiger partial charge in [-0.3, -0.25) is 4.90 Å². The fourth-order valence-corrected chi connectivity index (χ4v) is 3.17. The van der Waals surface area contributed by atoms with Crippen LogP contribution in [0.25, 0.3) is 0 Å². The first kappa shape index (κ1) is 15.8. The molecule has 3 nitrogen and oxygen atoms in total. The Balaban J connectivity index is 2.14. The van der Waals surface area contributed by atoms with Crippen LogP contribution < -0.4 is 0 Å². The lowest BCUT2D eigenvalue weighted by molar-refractivity contribution is 0.00157. The Bertz CT molecular complexity index is 508. The maximum Gasteiger partial charge on any atom is 0.338 e. The number of carbonyl (C=O) groups excluding carboxylic acids is 1. The van der Waals surface area contributed by atoms with Crippen LogP contribution in [-0.4, -0.2) is 35.1 Å². The van der Waals surface area contributed by atoms with Crippen molar-refractivity contribution < 1.29 is 9.53 Å². The molecule has 1 aromatic carbocycles. The predicted octanol–water partition coefficient (Wildman–Crippen LogP) is 3.71. The van der Waals surface area contributed by atoms with Gasteiger partial charge < -0.3 is 4.74 Å². The molecule has 1 saturated heterocycles. The summed E-state index contributed by atoms with van der Waals surface area (Å²) >= 11 is 2.22. The zero-order chi connectivity index (χ0) is 15.1. The van der Waals surface area contributed by atoms with Crippen molar-refractivity contribution in [2.24, 2.45) is 0 Å². The van der Waals surface area contributed by atoms with Gasteiger partial charge in [-0.15, -0.1) is 0 Å². The molecule has 4 heteroatoms. The van der Waals surface area contributed by atoms with Crippen molar-refractivity contribution in [3.05, 3.63) is 33.4 Å². The van der Waals surface area contributed by atoms with Crippen molar-refractivity contribution in [2.45, 2.75) is 51.3 Å². The van der Waals surface area contributed by atoms with Crippen molar-refractivity contribution in [3.63, 3.8) is 0 Å². The molecule has 0 N–H and O–H groups in total. The average molecular weight is 387 g/mol. The van der Waals surface area contributed by atoms with Crippen LogP contribution >= 0.6 is 22.6 Å². The highest BCUT2D eigenvalue weighted by Crippen LogP contribution is 2.41. The van der Waals surface area contributed by atoms with Crippen molar-refractivity contribution in [2.75, 3.05) is 7.05 Å². The van der Waals surface area contributed by atoms with Gasteiger partial charge in [-0.05, 0) is 81.6 Å². The lowest BCUT2D eigenvalue weighted by Crippen LogP contribution is -2.48. The smallest absolute Gasteiger partial charge is 0.338 e. The van der Waals surface area contributed by atoms with Crippen molar-refractivity contribution in [1.82, 2.24) is 4.90 Å². The highest BCUT2D eigenvalue weighted by Gasteiger charge is 2.51. The summed E-state index contributed by atoms with van der Waals surface area (Å²) in [7, 11) is 2.10. The van der Waals surface area contributed by atoms with Crippen molar-refractivity contribution in [1.29, 1.82) is 0 Å². The van der Waals surface area contributed by atoms with Crippen LogP contribution in [0.5, 0.6) is 0 Å². The summed E-state index contributed by atoms with van der Waals surface area (Å²) in [6.45, 7) is 8.64. The van der Waals surface area contributed by atoms with E-state index in [-0.39, 0.29) is 23.2 Å². The lowest BCUT2D eigenvalue weighted by Gasteiger charge is -2.37. The maximum atomic E-state index is 12.3. The molecule has 2 rings (SSSR count). The summed E-state index contributed by atoms with van der Waals surface area (Å²) in [5.74, 6) is -0.231. The molecule has 0 aromatic heterocycles. The fraction of sp³-hybridized carbons (Fsp3) is 0.562. The van der Waals surface area contributed by atoms with E-state index < -0.39 is 0 Å². The van der Waals surface area contributed by atoms with Gasteiger partial charge in [-0.1, -0.05) is 0 Å². The summed E-state index contributed by atoms with van der Waals surface area (Å²) in [5, 5.41) is 0. The Morgan fingerprint density at radius 3 is 2.25 bits per heavy atom. The van der Waals surface area contributed by atoms with Gasteiger partial charge in [0.15, 0.2) is 0 Å². The molecular formula is C16H22INO2. The number of esters is 1. The standard InChI is InChI=1S/C16H22INO2/c1-15(2)10-13(16(3,4)18(15)5)20-14(19)11-6-8-12(17)9-7-11/h6-9,13H,10H2,1-5H3. The number of rotatable bonds is 2. The van der Waals surface area contributed by atoms with E-state index in [1.54, 1.807) is 0 Å². The van der Waals surface area contributed by atoms with Gasteiger partial charge in [0.25, 0.3) is 0 Å². The molecule has 0 aliphatic carbocycles. The van der Waals surface area contributed by atoms with E-state index in [4.69, 9.17) is 4.74 Å². The summed E-state index contributed by atoms with van der Waals surface area (Å²) in [6.07, 6.45) is 0.765. The van der Waals surface area contributed by atoms with Gasteiger partial charge in [0.2, 0.25) is 0 Å². The summed E-state index contributed by atoms with van der Waals surface area (Å²) in [4.78, 5) is 14.6. The van der Waals surface area contributed by atoms with E-state index >= 15 is 0 Å². The highest BCUT2D eigenvalue weighted by atomic mass is 127. The van der Waals surface area contributed by atoms with Crippen molar-refractivity contribution in [3.8, 4) is 0 Å². The number of benzene rings is 1. The number of halogens is 1. The van der Waals surface area contributed by atoms with Gasteiger partial charge in [0.05, 0.1) is 11.1 Å². The molecule has 1 aliphatic rings. The first-order chi connectivity index (χ1) is 9.14. The van der Waals surface area contributed by atoms with Crippen LogP contribution in [0, 0.1) is 3.57 Å². The molecule has 1 fully saturated rings. The number of likely N-dealkylation sites (tertiary alicyclic amines) is 1. The first-order valence-electron chi connectivity index (χ1n) is 6.85. The monoisotopic (exact) mass is 387 g/mol.